The molecule has 0 radical (unpaired) electrons. The molecule has 0 bridgehead atoms. The van der Waals surface area contributed by atoms with Gasteiger partial charge in [-0.25, -0.2) is 8.78 Å². The predicted molar refractivity (Wildman–Crippen MR) is 70.1 cm³/mol. The number of carbonyl (C=O) groups is 1. The molecule has 2 atom stereocenters. The average molecular weight is 267 g/mol. The summed E-state index contributed by atoms with van der Waals surface area (Å²) in [6, 6.07) is 3.31. The van der Waals surface area contributed by atoms with Crippen LogP contribution in [0.5, 0.6) is 0 Å². The molecule has 0 aromatic heterocycles. The molecule has 0 saturated carbocycles. The van der Waals surface area contributed by atoms with Crippen molar-refractivity contribution in [3.8, 4) is 0 Å². The molecule has 2 rings (SSSR count). The Morgan fingerprint density at radius 3 is 2.84 bits per heavy atom. The molecule has 1 aromatic rings. The van der Waals surface area contributed by atoms with Gasteiger partial charge in [0.2, 0.25) is 0 Å². The Bertz CT molecular complexity index is 475. The second-order valence-electron chi connectivity index (χ2n) is 5.38. The van der Waals surface area contributed by atoms with E-state index >= 15 is 0 Å². The molecule has 0 amide bonds. The highest BCUT2D eigenvalue weighted by molar-refractivity contribution is 5.97. The van der Waals surface area contributed by atoms with Crippen LogP contribution in [-0.4, -0.2) is 29.8 Å². The molecule has 1 saturated heterocycles. The zero-order chi connectivity index (χ0) is 14.0. The topological polar surface area (TPSA) is 20.3 Å². The van der Waals surface area contributed by atoms with Gasteiger partial charge in [-0.3, -0.25) is 9.69 Å². The highest BCUT2D eigenvalue weighted by Gasteiger charge is 2.27. The molecule has 0 N–H and O–H groups in total. The maximum atomic E-state index is 13.5. The summed E-state index contributed by atoms with van der Waals surface area (Å²) in [4.78, 5) is 14.1. The number of halogens is 2. The lowest BCUT2D eigenvalue weighted by atomic mass is 9.91. The van der Waals surface area contributed by atoms with Crippen LogP contribution in [0.4, 0.5) is 8.78 Å². The number of hydrogen-bond donors (Lipinski definition) is 0. The normalized spacial score (nSPS) is 24.4. The summed E-state index contributed by atoms with van der Waals surface area (Å²) in [5, 5.41) is 0. The molecule has 2 unspecified atom stereocenters. The SMILES string of the molecule is CC1CCCN(CC(=O)c2cc(F)ccc2F)C1C. The number of ketones is 1. The van der Waals surface area contributed by atoms with Gasteiger partial charge in [-0.15, -0.1) is 0 Å². The van der Waals surface area contributed by atoms with Crippen molar-refractivity contribution < 1.29 is 13.6 Å². The molecule has 2 nitrogen and oxygen atoms in total. The minimum Gasteiger partial charge on any atom is -0.293 e. The summed E-state index contributed by atoms with van der Waals surface area (Å²) in [6.45, 7) is 5.24. The second-order valence-corrected chi connectivity index (χ2v) is 5.38. The molecule has 0 spiro atoms. The lowest BCUT2D eigenvalue weighted by molar-refractivity contribution is 0.0775. The van der Waals surface area contributed by atoms with E-state index in [0.29, 0.717) is 12.0 Å². The van der Waals surface area contributed by atoms with Crippen molar-refractivity contribution >= 4 is 5.78 Å². The highest BCUT2D eigenvalue weighted by Crippen LogP contribution is 2.23. The van der Waals surface area contributed by atoms with Crippen molar-refractivity contribution in [3.05, 3.63) is 35.4 Å². The van der Waals surface area contributed by atoms with Crippen molar-refractivity contribution in [2.75, 3.05) is 13.1 Å². The Morgan fingerprint density at radius 1 is 1.37 bits per heavy atom. The van der Waals surface area contributed by atoms with Crippen molar-refractivity contribution in [3.63, 3.8) is 0 Å². The first-order chi connectivity index (χ1) is 8.99. The number of nitrogens with zero attached hydrogens (tertiary/aromatic N) is 1. The third-order valence-corrected chi connectivity index (χ3v) is 4.08. The van der Waals surface area contributed by atoms with Crippen LogP contribution in [0.2, 0.25) is 0 Å². The Labute approximate surface area is 112 Å². The Hall–Kier alpha value is -1.29. The van der Waals surface area contributed by atoms with Crippen LogP contribution in [0.1, 0.15) is 37.0 Å². The van der Waals surface area contributed by atoms with E-state index < -0.39 is 11.6 Å². The van der Waals surface area contributed by atoms with E-state index in [9.17, 15) is 13.6 Å². The molecule has 1 aromatic carbocycles. The second kappa shape index (κ2) is 5.78. The first-order valence-electron chi connectivity index (χ1n) is 6.71. The molecule has 4 heteroatoms. The largest absolute Gasteiger partial charge is 0.293 e. The monoisotopic (exact) mass is 267 g/mol. The summed E-state index contributed by atoms with van der Waals surface area (Å²) < 4.78 is 26.6. The van der Waals surface area contributed by atoms with Gasteiger partial charge >= 0.3 is 0 Å². The molecule has 1 fully saturated rings. The van der Waals surface area contributed by atoms with Gasteiger partial charge < -0.3 is 0 Å². The summed E-state index contributed by atoms with van der Waals surface area (Å²) in [5.74, 6) is -1.05. The van der Waals surface area contributed by atoms with Gasteiger partial charge in [-0.05, 0) is 50.4 Å². The fourth-order valence-corrected chi connectivity index (χ4v) is 2.62. The van der Waals surface area contributed by atoms with E-state index in [1.807, 2.05) is 0 Å². The molecule has 1 aliphatic rings. The molecular formula is C15H19F2NO. The average Bonchev–Trinajstić information content (AvgIpc) is 2.38. The van der Waals surface area contributed by atoms with E-state index in [1.165, 1.54) is 0 Å². The molecule has 104 valence electrons. The number of carbonyl (C=O) groups excluding carboxylic acids is 1. The predicted octanol–water partition coefficient (Wildman–Crippen LogP) is 3.27. The zero-order valence-electron chi connectivity index (χ0n) is 11.3. The van der Waals surface area contributed by atoms with Crippen LogP contribution in [-0.2, 0) is 0 Å². The number of Topliss-reactive ketones (excluding diaryl/α,β-unsaturated/α-hetero) is 1. The van der Waals surface area contributed by atoms with Crippen molar-refractivity contribution in [2.24, 2.45) is 5.92 Å². The van der Waals surface area contributed by atoms with Crippen LogP contribution < -0.4 is 0 Å². The summed E-state index contributed by atoms with van der Waals surface area (Å²) in [6.07, 6.45) is 2.20. The van der Waals surface area contributed by atoms with Crippen LogP contribution in [0.25, 0.3) is 0 Å². The van der Waals surface area contributed by atoms with Gasteiger partial charge in [0.05, 0.1) is 12.1 Å². The number of hydrogen-bond acceptors (Lipinski definition) is 2. The van der Waals surface area contributed by atoms with Gasteiger partial charge in [-0.1, -0.05) is 6.92 Å². The van der Waals surface area contributed by atoms with Crippen LogP contribution in [0.3, 0.4) is 0 Å². The van der Waals surface area contributed by atoms with E-state index in [4.69, 9.17) is 0 Å². The van der Waals surface area contributed by atoms with Crippen LogP contribution in [0, 0.1) is 17.6 Å². The van der Waals surface area contributed by atoms with Gasteiger partial charge in [0.15, 0.2) is 5.78 Å². The first-order valence-corrected chi connectivity index (χ1v) is 6.71. The van der Waals surface area contributed by atoms with Gasteiger partial charge in [-0.2, -0.15) is 0 Å². The molecule has 1 heterocycles. The van der Waals surface area contributed by atoms with Gasteiger partial charge in [0.25, 0.3) is 0 Å². The van der Waals surface area contributed by atoms with E-state index in [0.717, 1.165) is 37.6 Å². The number of likely N-dealkylation sites (tertiary alicyclic amines) is 1. The number of rotatable bonds is 3. The Balaban J connectivity index is 2.10. The standard InChI is InChI=1S/C15H19F2NO/c1-10-4-3-7-18(11(10)2)9-15(19)13-8-12(16)5-6-14(13)17/h5-6,8,10-11H,3-4,7,9H2,1-2H3. The quantitative estimate of drug-likeness (QED) is 0.783. The Kier molecular flexibility index (Phi) is 4.30. The highest BCUT2D eigenvalue weighted by atomic mass is 19.1. The number of benzene rings is 1. The summed E-state index contributed by atoms with van der Waals surface area (Å²) in [7, 11) is 0. The van der Waals surface area contributed by atoms with E-state index in [2.05, 4.69) is 18.7 Å². The summed E-state index contributed by atoms with van der Waals surface area (Å²) >= 11 is 0. The van der Waals surface area contributed by atoms with Crippen LogP contribution in [0.15, 0.2) is 18.2 Å². The third kappa shape index (κ3) is 3.18. The smallest absolute Gasteiger partial charge is 0.179 e. The fourth-order valence-electron chi connectivity index (χ4n) is 2.62. The van der Waals surface area contributed by atoms with Crippen molar-refractivity contribution in [1.29, 1.82) is 0 Å². The molecule has 1 aliphatic heterocycles. The zero-order valence-corrected chi connectivity index (χ0v) is 11.3. The molecule has 19 heavy (non-hydrogen) atoms. The van der Waals surface area contributed by atoms with E-state index in [-0.39, 0.29) is 17.9 Å². The Morgan fingerprint density at radius 2 is 2.11 bits per heavy atom. The first kappa shape index (κ1) is 14.1. The van der Waals surface area contributed by atoms with E-state index in [1.54, 1.807) is 0 Å². The van der Waals surface area contributed by atoms with Gasteiger partial charge in [0, 0.05) is 6.04 Å². The molecular weight excluding hydrogens is 248 g/mol. The fraction of sp³-hybridized carbons (Fsp3) is 0.533. The van der Waals surface area contributed by atoms with Gasteiger partial charge in [0.1, 0.15) is 11.6 Å². The lowest BCUT2D eigenvalue weighted by Crippen LogP contribution is -2.45. The minimum absolute atomic E-state index is 0.148. The maximum absolute atomic E-state index is 13.5. The van der Waals surface area contributed by atoms with Crippen molar-refractivity contribution in [2.45, 2.75) is 32.7 Å². The lowest BCUT2D eigenvalue weighted by Gasteiger charge is -2.37. The van der Waals surface area contributed by atoms with Crippen LogP contribution >= 0.6 is 0 Å². The molecule has 0 aliphatic carbocycles. The van der Waals surface area contributed by atoms with Crippen molar-refractivity contribution in [1.82, 2.24) is 4.90 Å². The summed E-state index contributed by atoms with van der Waals surface area (Å²) in [5.41, 5.74) is -0.148. The minimum atomic E-state index is -0.649. The third-order valence-electron chi connectivity index (χ3n) is 4.08. The maximum Gasteiger partial charge on any atom is 0.179 e. The number of piperidine rings is 1.